The van der Waals surface area contributed by atoms with Crippen LogP contribution in [0.5, 0.6) is 0 Å². The highest BCUT2D eigenvalue weighted by Crippen LogP contribution is 2.32. The fourth-order valence-electron chi connectivity index (χ4n) is 2.67. The molecule has 0 amide bonds. The highest BCUT2D eigenvalue weighted by molar-refractivity contribution is 9.10. The summed E-state index contributed by atoms with van der Waals surface area (Å²) in [4.78, 5) is 0. The van der Waals surface area contributed by atoms with Gasteiger partial charge in [0.1, 0.15) is 0 Å². The van der Waals surface area contributed by atoms with Crippen molar-refractivity contribution in [1.82, 2.24) is 5.32 Å². The summed E-state index contributed by atoms with van der Waals surface area (Å²) in [5.41, 5.74) is 5.31. The Morgan fingerprint density at radius 1 is 1.05 bits per heavy atom. The van der Waals surface area contributed by atoms with Gasteiger partial charge in [0.2, 0.25) is 0 Å². The molecule has 112 valence electrons. The summed E-state index contributed by atoms with van der Waals surface area (Å²) in [5, 5.41) is 4.20. The molecule has 21 heavy (non-hydrogen) atoms. The van der Waals surface area contributed by atoms with Gasteiger partial charge < -0.3 is 5.32 Å². The molecule has 2 aromatic carbocycles. The lowest BCUT2D eigenvalue weighted by atomic mass is 9.91. The number of aryl methyl sites for hydroxylation is 2. The molecule has 0 aromatic heterocycles. The highest BCUT2D eigenvalue weighted by atomic mass is 79.9. The van der Waals surface area contributed by atoms with Crippen molar-refractivity contribution >= 4 is 27.5 Å². The van der Waals surface area contributed by atoms with Gasteiger partial charge in [0, 0.05) is 9.50 Å². The normalized spacial score (nSPS) is 12.4. The molecule has 1 atom stereocenters. The van der Waals surface area contributed by atoms with Gasteiger partial charge >= 0.3 is 0 Å². The van der Waals surface area contributed by atoms with E-state index in [-0.39, 0.29) is 6.04 Å². The Bertz CT molecular complexity index is 625. The van der Waals surface area contributed by atoms with Gasteiger partial charge in [-0.15, -0.1) is 0 Å². The molecule has 0 aliphatic rings. The van der Waals surface area contributed by atoms with E-state index in [0.717, 1.165) is 22.3 Å². The highest BCUT2D eigenvalue weighted by Gasteiger charge is 2.18. The minimum atomic E-state index is 0.165. The maximum atomic E-state index is 6.07. The van der Waals surface area contributed by atoms with E-state index in [1.807, 2.05) is 19.2 Å². The van der Waals surface area contributed by atoms with Crippen molar-refractivity contribution in [3.8, 4) is 0 Å². The first-order chi connectivity index (χ1) is 10.1. The average Bonchev–Trinajstić information content (AvgIpc) is 2.49. The minimum Gasteiger partial charge on any atom is -0.309 e. The monoisotopic (exact) mass is 365 g/mol. The van der Waals surface area contributed by atoms with Crippen LogP contribution in [0.4, 0.5) is 0 Å². The summed E-state index contributed by atoms with van der Waals surface area (Å²) in [6.07, 6.45) is 2.08. The van der Waals surface area contributed by atoms with Gasteiger partial charge in [-0.05, 0) is 54.3 Å². The smallest absolute Gasteiger partial charge is 0.0588 e. The molecule has 0 bridgehead atoms. The Kier molecular flexibility index (Phi) is 5.86. The third-order valence-corrected chi connectivity index (χ3v) is 4.79. The summed E-state index contributed by atoms with van der Waals surface area (Å²) >= 11 is 9.71. The van der Waals surface area contributed by atoms with Crippen molar-refractivity contribution in [1.29, 1.82) is 0 Å². The predicted octanol–water partition coefficient (Wildman–Crippen LogP) is 5.54. The summed E-state index contributed by atoms with van der Waals surface area (Å²) in [6, 6.07) is 13.0. The van der Waals surface area contributed by atoms with Crippen molar-refractivity contribution in [3.05, 3.63) is 68.1 Å². The topological polar surface area (TPSA) is 12.0 Å². The second-order valence-corrected chi connectivity index (χ2v) is 6.42. The summed E-state index contributed by atoms with van der Waals surface area (Å²) < 4.78 is 1.04. The summed E-state index contributed by atoms with van der Waals surface area (Å²) in [6.45, 7) is 4.39. The number of rotatable bonds is 5. The van der Waals surface area contributed by atoms with Crippen molar-refractivity contribution in [2.24, 2.45) is 0 Å². The van der Waals surface area contributed by atoms with E-state index < -0.39 is 0 Å². The molecular weight excluding hydrogens is 346 g/mol. The van der Waals surface area contributed by atoms with E-state index in [9.17, 15) is 0 Å². The van der Waals surface area contributed by atoms with Crippen LogP contribution in [0, 0.1) is 0 Å². The molecule has 0 radical (unpaired) electrons. The second-order valence-electron chi connectivity index (χ2n) is 5.13. The molecule has 1 unspecified atom stereocenters. The van der Waals surface area contributed by atoms with E-state index in [2.05, 4.69) is 59.4 Å². The number of benzene rings is 2. The zero-order valence-corrected chi connectivity index (χ0v) is 15.1. The number of hydrogen-bond donors (Lipinski definition) is 1. The van der Waals surface area contributed by atoms with Gasteiger partial charge in [0.05, 0.1) is 6.04 Å². The van der Waals surface area contributed by atoms with Crippen molar-refractivity contribution in [2.75, 3.05) is 7.05 Å². The van der Waals surface area contributed by atoms with Crippen molar-refractivity contribution < 1.29 is 0 Å². The summed E-state index contributed by atoms with van der Waals surface area (Å²) in [5.74, 6) is 0. The zero-order valence-electron chi connectivity index (χ0n) is 12.7. The number of hydrogen-bond acceptors (Lipinski definition) is 1. The molecule has 2 aromatic rings. The van der Waals surface area contributed by atoms with Gasteiger partial charge in [-0.2, -0.15) is 0 Å². The fraction of sp³-hybridized carbons (Fsp3) is 0.333. The molecule has 3 heteroatoms. The number of halogens is 2. The zero-order chi connectivity index (χ0) is 15.4. The van der Waals surface area contributed by atoms with Crippen LogP contribution in [0.25, 0.3) is 0 Å². The minimum absolute atomic E-state index is 0.165. The van der Waals surface area contributed by atoms with E-state index in [1.54, 1.807) is 0 Å². The van der Waals surface area contributed by atoms with Crippen LogP contribution in [0.3, 0.4) is 0 Å². The lowest BCUT2D eigenvalue weighted by Gasteiger charge is -2.22. The van der Waals surface area contributed by atoms with E-state index in [4.69, 9.17) is 11.6 Å². The van der Waals surface area contributed by atoms with Crippen LogP contribution in [0.15, 0.2) is 40.9 Å². The molecule has 0 aliphatic carbocycles. The molecule has 0 aliphatic heterocycles. The van der Waals surface area contributed by atoms with Crippen LogP contribution in [0.2, 0.25) is 5.02 Å². The van der Waals surface area contributed by atoms with Crippen LogP contribution >= 0.6 is 27.5 Å². The van der Waals surface area contributed by atoms with Crippen LogP contribution in [-0.2, 0) is 12.8 Å². The molecule has 0 spiro atoms. The molecule has 0 fully saturated rings. The van der Waals surface area contributed by atoms with Crippen LogP contribution in [0.1, 0.15) is 42.1 Å². The molecule has 0 saturated heterocycles. The first-order valence-corrected chi connectivity index (χ1v) is 8.51. The third-order valence-electron chi connectivity index (χ3n) is 3.87. The largest absolute Gasteiger partial charge is 0.309 e. The quantitative estimate of drug-likeness (QED) is 0.733. The molecule has 0 heterocycles. The van der Waals surface area contributed by atoms with Crippen LogP contribution < -0.4 is 5.32 Å². The standard InChI is InChI=1S/C18H21BrClN/c1-4-12-6-7-13(5-2)16(10-12)18(21-3)15-9-8-14(20)11-17(15)19/h6-11,18,21H,4-5H2,1-3H3. The van der Waals surface area contributed by atoms with Crippen molar-refractivity contribution in [3.63, 3.8) is 0 Å². The Morgan fingerprint density at radius 2 is 1.81 bits per heavy atom. The summed E-state index contributed by atoms with van der Waals surface area (Å²) in [7, 11) is 2.00. The van der Waals surface area contributed by atoms with Gasteiger partial charge in [-0.1, -0.05) is 65.6 Å². The van der Waals surface area contributed by atoms with Crippen molar-refractivity contribution in [2.45, 2.75) is 32.7 Å². The maximum absolute atomic E-state index is 6.07. The van der Waals surface area contributed by atoms with E-state index >= 15 is 0 Å². The first-order valence-electron chi connectivity index (χ1n) is 7.34. The third kappa shape index (κ3) is 3.68. The second kappa shape index (κ2) is 7.44. The Balaban J connectivity index is 2.54. The molecule has 0 saturated carbocycles. The van der Waals surface area contributed by atoms with Gasteiger partial charge in [0.25, 0.3) is 0 Å². The SMILES string of the molecule is CCc1ccc(CC)c(C(NC)c2ccc(Cl)cc2Br)c1. The maximum Gasteiger partial charge on any atom is 0.0588 e. The average molecular weight is 367 g/mol. The Morgan fingerprint density at radius 3 is 2.38 bits per heavy atom. The number of nitrogens with one attached hydrogen (secondary N) is 1. The van der Waals surface area contributed by atoms with Gasteiger partial charge in [0.15, 0.2) is 0 Å². The predicted molar refractivity (Wildman–Crippen MR) is 95.3 cm³/mol. The molecule has 2 rings (SSSR count). The Labute approximate surface area is 140 Å². The van der Waals surface area contributed by atoms with Gasteiger partial charge in [-0.3, -0.25) is 0 Å². The van der Waals surface area contributed by atoms with Gasteiger partial charge in [-0.25, -0.2) is 0 Å². The lowest BCUT2D eigenvalue weighted by Crippen LogP contribution is -2.20. The van der Waals surface area contributed by atoms with Crippen LogP contribution in [-0.4, -0.2) is 7.05 Å². The molecule has 1 N–H and O–H groups in total. The fourth-order valence-corrected chi connectivity index (χ4v) is 3.58. The first kappa shape index (κ1) is 16.5. The van der Waals surface area contributed by atoms with E-state index in [1.165, 1.54) is 22.3 Å². The molecular formula is C18H21BrClN. The lowest BCUT2D eigenvalue weighted by molar-refractivity contribution is 0.680. The van der Waals surface area contributed by atoms with E-state index in [0.29, 0.717) is 0 Å². The molecule has 1 nitrogen and oxygen atoms in total. The Hall–Kier alpha value is -0.830.